The first-order valence-electron chi connectivity index (χ1n) is 5.66. The quantitative estimate of drug-likeness (QED) is 0.746. The molecule has 3 nitrogen and oxygen atoms in total. The summed E-state index contributed by atoms with van der Waals surface area (Å²) in [7, 11) is 0. The molecule has 0 aromatic carbocycles. The molecule has 0 spiro atoms. The molecule has 86 valence electrons. The normalized spacial score (nSPS) is 28.5. The standard InChI is InChI=1S/C11H13BrClN3/c12-9-10(13)14-6-15-11(9)16-4-7-2-1-3-8(7)5-16/h6-8H,1-5H2. The van der Waals surface area contributed by atoms with Gasteiger partial charge in [0.15, 0.2) is 0 Å². The Kier molecular flexibility index (Phi) is 2.80. The predicted octanol–water partition coefficient (Wildman–Crippen LogP) is 3.13. The fourth-order valence-electron chi connectivity index (χ4n) is 2.97. The molecule has 2 atom stereocenters. The Morgan fingerprint density at radius 2 is 1.94 bits per heavy atom. The molecule has 0 radical (unpaired) electrons. The van der Waals surface area contributed by atoms with Crippen molar-refractivity contribution in [1.82, 2.24) is 9.97 Å². The smallest absolute Gasteiger partial charge is 0.148 e. The van der Waals surface area contributed by atoms with Gasteiger partial charge in [0.2, 0.25) is 0 Å². The van der Waals surface area contributed by atoms with Gasteiger partial charge in [-0.25, -0.2) is 9.97 Å². The Morgan fingerprint density at radius 1 is 1.25 bits per heavy atom. The summed E-state index contributed by atoms with van der Waals surface area (Å²) in [6, 6.07) is 0. The number of anilines is 1. The van der Waals surface area contributed by atoms with Crippen molar-refractivity contribution in [3.63, 3.8) is 0 Å². The van der Waals surface area contributed by atoms with Crippen LogP contribution < -0.4 is 4.90 Å². The molecule has 0 amide bonds. The second kappa shape index (κ2) is 4.15. The second-order valence-corrected chi connectivity index (χ2v) is 5.81. The zero-order valence-corrected chi connectivity index (χ0v) is 11.2. The van der Waals surface area contributed by atoms with Crippen molar-refractivity contribution < 1.29 is 0 Å². The Hall–Kier alpha value is -0.350. The van der Waals surface area contributed by atoms with Crippen molar-refractivity contribution in [2.45, 2.75) is 19.3 Å². The number of hydrogen-bond acceptors (Lipinski definition) is 3. The molecule has 2 fully saturated rings. The lowest BCUT2D eigenvalue weighted by Crippen LogP contribution is -2.22. The first-order chi connectivity index (χ1) is 7.75. The molecule has 2 unspecified atom stereocenters. The molecule has 1 aromatic heterocycles. The number of aromatic nitrogens is 2. The highest BCUT2D eigenvalue weighted by Crippen LogP contribution is 2.41. The highest BCUT2D eigenvalue weighted by Gasteiger charge is 2.37. The predicted molar refractivity (Wildman–Crippen MR) is 67.8 cm³/mol. The minimum Gasteiger partial charge on any atom is -0.355 e. The molecule has 1 aliphatic heterocycles. The summed E-state index contributed by atoms with van der Waals surface area (Å²) in [5.74, 6) is 2.68. The van der Waals surface area contributed by atoms with Gasteiger partial charge in [-0.15, -0.1) is 0 Å². The van der Waals surface area contributed by atoms with E-state index in [-0.39, 0.29) is 0 Å². The number of hydrogen-bond donors (Lipinski definition) is 0. The lowest BCUT2D eigenvalue weighted by atomic mass is 10.0. The third-order valence-corrected chi connectivity index (χ3v) is 5.00. The second-order valence-electron chi connectivity index (χ2n) is 4.66. The summed E-state index contributed by atoms with van der Waals surface area (Å²) in [4.78, 5) is 10.6. The van der Waals surface area contributed by atoms with Crippen molar-refractivity contribution >= 4 is 33.3 Å². The van der Waals surface area contributed by atoms with E-state index in [0.717, 1.165) is 35.2 Å². The van der Waals surface area contributed by atoms with E-state index in [4.69, 9.17) is 11.6 Å². The summed E-state index contributed by atoms with van der Waals surface area (Å²) < 4.78 is 0.830. The fraction of sp³-hybridized carbons (Fsp3) is 0.636. The summed E-state index contributed by atoms with van der Waals surface area (Å²) in [6.07, 6.45) is 5.68. The molecule has 1 aliphatic carbocycles. The van der Waals surface area contributed by atoms with Crippen molar-refractivity contribution in [1.29, 1.82) is 0 Å². The van der Waals surface area contributed by atoms with Gasteiger partial charge in [0.1, 0.15) is 17.3 Å². The summed E-state index contributed by atoms with van der Waals surface area (Å²) in [5, 5.41) is 0.502. The van der Waals surface area contributed by atoms with Gasteiger partial charge >= 0.3 is 0 Å². The maximum atomic E-state index is 5.99. The maximum absolute atomic E-state index is 5.99. The van der Waals surface area contributed by atoms with Gasteiger partial charge in [0.25, 0.3) is 0 Å². The van der Waals surface area contributed by atoms with Crippen molar-refractivity contribution in [3.8, 4) is 0 Å². The third kappa shape index (κ3) is 1.72. The molecule has 1 aromatic rings. The highest BCUT2D eigenvalue weighted by atomic mass is 79.9. The van der Waals surface area contributed by atoms with Gasteiger partial charge < -0.3 is 4.90 Å². The van der Waals surface area contributed by atoms with Crippen LogP contribution in [-0.2, 0) is 0 Å². The molecule has 0 bridgehead atoms. The first kappa shape index (κ1) is 10.8. The molecule has 1 saturated carbocycles. The van der Waals surface area contributed by atoms with E-state index >= 15 is 0 Å². The van der Waals surface area contributed by atoms with E-state index < -0.39 is 0 Å². The van der Waals surface area contributed by atoms with E-state index in [1.165, 1.54) is 25.6 Å². The van der Waals surface area contributed by atoms with Gasteiger partial charge in [-0.1, -0.05) is 18.0 Å². The Labute approximate surface area is 108 Å². The SMILES string of the molecule is Clc1ncnc(N2CC3CCCC3C2)c1Br. The lowest BCUT2D eigenvalue weighted by Gasteiger charge is -2.19. The Bertz CT molecular complexity index is 400. The zero-order chi connectivity index (χ0) is 11.1. The number of rotatable bonds is 1. The minimum absolute atomic E-state index is 0.502. The van der Waals surface area contributed by atoms with Crippen LogP contribution in [0.2, 0.25) is 5.15 Å². The summed E-state index contributed by atoms with van der Waals surface area (Å²) in [5.41, 5.74) is 0. The van der Waals surface area contributed by atoms with Crippen LogP contribution in [0, 0.1) is 11.8 Å². The third-order valence-electron chi connectivity index (χ3n) is 3.75. The van der Waals surface area contributed by atoms with Crippen LogP contribution in [0.15, 0.2) is 10.8 Å². The Morgan fingerprint density at radius 3 is 2.62 bits per heavy atom. The van der Waals surface area contributed by atoms with Crippen LogP contribution in [0.4, 0.5) is 5.82 Å². The highest BCUT2D eigenvalue weighted by molar-refractivity contribution is 9.10. The molecule has 1 saturated heterocycles. The molecular weight excluding hydrogens is 289 g/mol. The molecule has 5 heteroatoms. The number of nitrogens with zero attached hydrogens (tertiary/aromatic N) is 3. The largest absolute Gasteiger partial charge is 0.355 e. The van der Waals surface area contributed by atoms with Gasteiger partial charge in [-0.05, 0) is 40.6 Å². The molecule has 2 heterocycles. The van der Waals surface area contributed by atoms with E-state index in [2.05, 4.69) is 30.8 Å². The average molecular weight is 303 g/mol. The van der Waals surface area contributed by atoms with Crippen molar-refractivity contribution in [3.05, 3.63) is 16.0 Å². The van der Waals surface area contributed by atoms with Crippen LogP contribution in [0.5, 0.6) is 0 Å². The summed E-state index contributed by atoms with van der Waals surface area (Å²) >= 11 is 9.46. The maximum Gasteiger partial charge on any atom is 0.148 e. The van der Waals surface area contributed by atoms with E-state index in [9.17, 15) is 0 Å². The summed E-state index contributed by atoms with van der Waals surface area (Å²) in [6.45, 7) is 2.24. The first-order valence-corrected chi connectivity index (χ1v) is 6.83. The van der Waals surface area contributed by atoms with Crippen LogP contribution >= 0.6 is 27.5 Å². The molecular formula is C11H13BrClN3. The molecule has 16 heavy (non-hydrogen) atoms. The average Bonchev–Trinajstić information content (AvgIpc) is 2.81. The molecule has 3 rings (SSSR count). The lowest BCUT2D eigenvalue weighted by molar-refractivity contribution is 0.494. The van der Waals surface area contributed by atoms with Gasteiger partial charge in [0, 0.05) is 13.1 Å². The van der Waals surface area contributed by atoms with Crippen LogP contribution in [0.25, 0.3) is 0 Å². The van der Waals surface area contributed by atoms with Crippen LogP contribution in [0.3, 0.4) is 0 Å². The topological polar surface area (TPSA) is 29.0 Å². The van der Waals surface area contributed by atoms with Crippen LogP contribution in [0.1, 0.15) is 19.3 Å². The van der Waals surface area contributed by atoms with Gasteiger partial charge in [-0.2, -0.15) is 0 Å². The van der Waals surface area contributed by atoms with E-state index in [1.54, 1.807) is 0 Å². The zero-order valence-electron chi connectivity index (χ0n) is 8.87. The van der Waals surface area contributed by atoms with Crippen molar-refractivity contribution in [2.75, 3.05) is 18.0 Å². The van der Waals surface area contributed by atoms with Gasteiger partial charge in [0.05, 0.1) is 4.47 Å². The fourth-order valence-corrected chi connectivity index (χ4v) is 3.55. The van der Waals surface area contributed by atoms with Crippen LogP contribution in [-0.4, -0.2) is 23.1 Å². The molecule has 0 N–H and O–H groups in total. The molecule has 2 aliphatic rings. The number of fused-ring (bicyclic) bond motifs is 1. The van der Waals surface area contributed by atoms with E-state index in [1.807, 2.05) is 0 Å². The number of halogens is 2. The van der Waals surface area contributed by atoms with E-state index in [0.29, 0.717) is 5.15 Å². The monoisotopic (exact) mass is 301 g/mol. The van der Waals surface area contributed by atoms with Crippen molar-refractivity contribution in [2.24, 2.45) is 11.8 Å². The van der Waals surface area contributed by atoms with Gasteiger partial charge in [-0.3, -0.25) is 0 Å². The Balaban J connectivity index is 1.86. The minimum atomic E-state index is 0.502.